The van der Waals surface area contributed by atoms with Crippen LogP contribution in [0.15, 0.2) is 40.3 Å². The molecular formula is C13H9Cl2N5S. The van der Waals surface area contributed by atoms with E-state index >= 15 is 0 Å². The monoisotopic (exact) mass is 337 g/mol. The highest BCUT2D eigenvalue weighted by molar-refractivity contribution is 7.99. The van der Waals surface area contributed by atoms with Crippen molar-refractivity contribution in [3.63, 3.8) is 0 Å². The quantitative estimate of drug-likeness (QED) is 0.781. The van der Waals surface area contributed by atoms with Gasteiger partial charge in [0.1, 0.15) is 0 Å². The summed E-state index contributed by atoms with van der Waals surface area (Å²) in [6, 6.07) is 7.49. The number of nitrogens with one attached hydrogen (secondary N) is 1. The summed E-state index contributed by atoms with van der Waals surface area (Å²) in [7, 11) is 0. The molecule has 1 N–H and O–H groups in total. The second-order valence-corrected chi connectivity index (χ2v) is 6.15. The van der Waals surface area contributed by atoms with Crippen molar-refractivity contribution in [1.29, 1.82) is 0 Å². The summed E-state index contributed by atoms with van der Waals surface area (Å²) in [5, 5.41) is 15.0. The van der Waals surface area contributed by atoms with Crippen molar-refractivity contribution >= 4 is 35.0 Å². The SMILES string of the molecule is Cc1ncc(-c2nn[nH]n2)cc1Sc1ccc(Cl)c(Cl)c1. The number of benzene rings is 1. The van der Waals surface area contributed by atoms with Crippen LogP contribution in [-0.4, -0.2) is 25.6 Å². The maximum Gasteiger partial charge on any atom is 0.206 e. The van der Waals surface area contributed by atoms with Gasteiger partial charge in [0, 0.05) is 21.6 Å². The minimum absolute atomic E-state index is 0.512. The van der Waals surface area contributed by atoms with Crippen LogP contribution in [0.5, 0.6) is 0 Å². The maximum atomic E-state index is 6.04. The van der Waals surface area contributed by atoms with Crippen molar-refractivity contribution in [3.05, 3.63) is 46.2 Å². The van der Waals surface area contributed by atoms with Crippen LogP contribution < -0.4 is 0 Å². The number of aromatic amines is 1. The van der Waals surface area contributed by atoms with E-state index in [2.05, 4.69) is 25.6 Å². The van der Waals surface area contributed by atoms with E-state index in [4.69, 9.17) is 23.2 Å². The van der Waals surface area contributed by atoms with Crippen molar-refractivity contribution in [2.75, 3.05) is 0 Å². The summed E-state index contributed by atoms with van der Waals surface area (Å²) < 4.78 is 0. The topological polar surface area (TPSA) is 67.3 Å². The molecule has 8 heteroatoms. The van der Waals surface area contributed by atoms with Crippen LogP contribution in [0.3, 0.4) is 0 Å². The molecular weight excluding hydrogens is 329 g/mol. The first-order valence-corrected chi connectivity index (χ1v) is 7.54. The van der Waals surface area contributed by atoms with Crippen LogP contribution in [0, 0.1) is 6.92 Å². The van der Waals surface area contributed by atoms with E-state index in [0.29, 0.717) is 15.9 Å². The molecule has 0 radical (unpaired) electrons. The van der Waals surface area contributed by atoms with Gasteiger partial charge in [0.25, 0.3) is 0 Å². The fraction of sp³-hybridized carbons (Fsp3) is 0.0769. The van der Waals surface area contributed by atoms with Gasteiger partial charge in [-0.1, -0.05) is 35.0 Å². The Morgan fingerprint density at radius 3 is 2.71 bits per heavy atom. The molecule has 0 atom stereocenters. The second kappa shape index (κ2) is 6.01. The largest absolute Gasteiger partial charge is 0.260 e. The lowest BCUT2D eigenvalue weighted by molar-refractivity contribution is 0.881. The van der Waals surface area contributed by atoms with E-state index in [1.807, 2.05) is 25.1 Å². The lowest BCUT2D eigenvalue weighted by Crippen LogP contribution is -1.89. The molecule has 0 aliphatic rings. The number of hydrogen-bond donors (Lipinski definition) is 1. The Hall–Kier alpha value is -1.63. The number of rotatable bonds is 3. The minimum atomic E-state index is 0.512. The summed E-state index contributed by atoms with van der Waals surface area (Å²) >= 11 is 13.5. The van der Waals surface area contributed by atoms with Gasteiger partial charge in [-0.3, -0.25) is 4.98 Å². The fourth-order valence-electron chi connectivity index (χ4n) is 1.69. The summed E-state index contributed by atoms with van der Waals surface area (Å²) in [4.78, 5) is 6.35. The van der Waals surface area contributed by atoms with E-state index in [9.17, 15) is 0 Å². The standard InChI is InChI=1S/C13H9Cl2N5S/c1-7-12(21-9-2-3-10(14)11(15)5-9)4-8(6-16-7)13-17-19-20-18-13/h2-6H,1H3,(H,17,18,19,20). The van der Waals surface area contributed by atoms with Crippen molar-refractivity contribution in [1.82, 2.24) is 25.6 Å². The molecule has 0 aliphatic heterocycles. The molecule has 0 saturated carbocycles. The van der Waals surface area contributed by atoms with Gasteiger partial charge < -0.3 is 0 Å². The van der Waals surface area contributed by atoms with Crippen molar-refractivity contribution < 1.29 is 0 Å². The van der Waals surface area contributed by atoms with E-state index in [1.165, 1.54) is 0 Å². The summed E-state index contributed by atoms with van der Waals surface area (Å²) in [5.74, 6) is 0.512. The molecule has 0 bridgehead atoms. The second-order valence-electron chi connectivity index (χ2n) is 4.22. The van der Waals surface area contributed by atoms with Gasteiger partial charge >= 0.3 is 0 Å². The van der Waals surface area contributed by atoms with Gasteiger partial charge in [-0.05, 0) is 36.4 Å². The number of H-pyrrole nitrogens is 1. The third kappa shape index (κ3) is 3.18. The summed E-state index contributed by atoms with van der Waals surface area (Å²) in [6.07, 6.45) is 1.72. The average molecular weight is 338 g/mol. The third-order valence-corrected chi connectivity index (χ3v) is 4.62. The average Bonchev–Trinajstić information content (AvgIpc) is 2.99. The van der Waals surface area contributed by atoms with Gasteiger partial charge in [-0.15, -0.1) is 10.2 Å². The molecule has 1 aromatic carbocycles. The Kier molecular flexibility index (Phi) is 4.10. The Morgan fingerprint density at radius 2 is 2.00 bits per heavy atom. The van der Waals surface area contributed by atoms with Crippen LogP contribution >= 0.6 is 35.0 Å². The first kappa shape index (κ1) is 14.3. The van der Waals surface area contributed by atoms with Crippen LogP contribution in [0.1, 0.15) is 5.69 Å². The minimum Gasteiger partial charge on any atom is -0.260 e. The molecule has 106 valence electrons. The Labute approximate surface area is 135 Å². The van der Waals surface area contributed by atoms with E-state index in [1.54, 1.807) is 24.0 Å². The molecule has 3 aromatic rings. The summed E-state index contributed by atoms with van der Waals surface area (Å²) in [6.45, 7) is 1.94. The molecule has 0 aliphatic carbocycles. The first-order chi connectivity index (χ1) is 10.1. The first-order valence-electron chi connectivity index (χ1n) is 5.97. The van der Waals surface area contributed by atoms with E-state index < -0.39 is 0 Å². The molecule has 0 spiro atoms. The molecule has 3 rings (SSSR count). The van der Waals surface area contributed by atoms with Gasteiger partial charge in [0.15, 0.2) is 0 Å². The van der Waals surface area contributed by atoms with E-state index in [-0.39, 0.29) is 0 Å². The Bertz CT molecular complexity index is 776. The molecule has 0 saturated heterocycles. The van der Waals surface area contributed by atoms with Crippen LogP contribution in [0.2, 0.25) is 10.0 Å². The number of hydrogen-bond acceptors (Lipinski definition) is 5. The predicted octanol–water partition coefficient (Wildman–Crippen LogP) is 4.03. The smallest absolute Gasteiger partial charge is 0.206 e. The zero-order valence-electron chi connectivity index (χ0n) is 10.8. The highest BCUT2D eigenvalue weighted by Gasteiger charge is 2.09. The van der Waals surface area contributed by atoms with Crippen LogP contribution in [-0.2, 0) is 0 Å². The number of tetrazole rings is 1. The van der Waals surface area contributed by atoms with E-state index in [0.717, 1.165) is 21.0 Å². The number of pyridine rings is 1. The normalized spacial score (nSPS) is 10.8. The summed E-state index contributed by atoms with van der Waals surface area (Å²) in [5.41, 5.74) is 1.72. The van der Waals surface area contributed by atoms with Gasteiger partial charge in [0.05, 0.1) is 15.7 Å². The number of halogens is 2. The molecule has 21 heavy (non-hydrogen) atoms. The van der Waals surface area contributed by atoms with Gasteiger partial charge in [0.2, 0.25) is 5.82 Å². The molecule has 0 fully saturated rings. The number of nitrogens with zero attached hydrogens (tertiary/aromatic N) is 4. The third-order valence-electron chi connectivity index (χ3n) is 2.76. The molecule has 0 amide bonds. The lowest BCUT2D eigenvalue weighted by atomic mass is 10.2. The van der Waals surface area contributed by atoms with Crippen molar-refractivity contribution in [2.24, 2.45) is 0 Å². The molecule has 2 aromatic heterocycles. The molecule has 2 heterocycles. The van der Waals surface area contributed by atoms with Gasteiger partial charge in [-0.2, -0.15) is 5.21 Å². The van der Waals surface area contributed by atoms with Crippen molar-refractivity contribution in [3.8, 4) is 11.4 Å². The Balaban J connectivity index is 1.94. The fourth-order valence-corrected chi connectivity index (χ4v) is 3.01. The van der Waals surface area contributed by atoms with Crippen LogP contribution in [0.25, 0.3) is 11.4 Å². The maximum absolute atomic E-state index is 6.04. The van der Waals surface area contributed by atoms with Gasteiger partial charge in [-0.25, -0.2) is 0 Å². The molecule has 0 unspecified atom stereocenters. The van der Waals surface area contributed by atoms with Crippen molar-refractivity contribution in [2.45, 2.75) is 16.7 Å². The van der Waals surface area contributed by atoms with Crippen LogP contribution in [0.4, 0.5) is 0 Å². The number of aryl methyl sites for hydroxylation is 1. The Morgan fingerprint density at radius 1 is 1.14 bits per heavy atom. The highest BCUT2D eigenvalue weighted by Crippen LogP contribution is 2.34. The zero-order valence-corrected chi connectivity index (χ0v) is 13.2. The number of aromatic nitrogens is 5. The highest BCUT2D eigenvalue weighted by atomic mass is 35.5. The molecule has 5 nitrogen and oxygen atoms in total. The lowest BCUT2D eigenvalue weighted by Gasteiger charge is -2.07. The predicted molar refractivity (Wildman–Crippen MR) is 82.7 cm³/mol. The zero-order chi connectivity index (χ0) is 14.8.